The minimum atomic E-state index is -1.38. The van der Waals surface area contributed by atoms with Crippen LogP contribution in [0.1, 0.15) is 11.1 Å². The number of phenolic OH excluding ortho intramolecular Hbond substituents is 1. The fourth-order valence-corrected chi connectivity index (χ4v) is 2.99. The molecule has 126 valence electrons. The molecule has 3 aromatic carbocycles. The number of fused-ring (bicyclic) bond motifs is 4. The topological polar surface area (TPSA) is 29.5 Å². The SMILES string of the molecule is Cc1ccc(COc2ccc3c(c2F)-c2c-3cc(O)c(F)c2F)cc1. The molecule has 4 rings (SSSR count). The van der Waals surface area contributed by atoms with E-state index < -0.39 is 23.2 Å². The van der Waals surface area contributed by atoms with Crippen molar-refractivity contribution in [2.24, 2.45) is 0 Å². The zero-order valence-corrected chi connectivity index (χ0v) is 13.2. The van der Waals surface area contributed by atoms with Crippen LogP contribution in [0.15, 0.2) is 42.5 Å². The highest BCUT2D eigenvalue weighted by Gasteiger charge is 2.34. The van der Waals surface area contributed by atoms with E-state index in [-0.39, 0.29) is 29.0 Å². The van der Waals surface area contributed by atoms with Gasteiger partial charge in [0.05, 0.1) is 0 Å². The van der Waals surface area contributed by atoms with Gasteiger partial charge in [-0.25, -0.2) is 8.78 Å². The Hall–Kier alpha value is -2.95. The number of halogens is 3. The molecule has 0 bridgehead atoms. The van der Waals surface area contributed by atoms with E-state index in [4.69, 9.17) is 4.74 Å². The normalized spacial score (nSPS) is 11.5. The molecule has 5 heteroatoms. The highest BCUT2D eigenvalue weighted by molar-refractivity contribution is 6.04. The summed E-state index contributed by atoms with van der Waals surface area (Å²) in [4.78, 5) is 0. The van der Waals surface area contributed by atoms with Gasteiger partial charge in [-0.1, -0.05) is 29.8 Å². The molecule has 0 amide bonds. The van der Waals surface area contributed by atoms with Crippen LogP contribution in [0.5, 0.6) is 11.5 Å². The number of rotatable bonds is 3. The van der Waals surface area contributed by atoms with Crippen LogP contribution in [0.25, 0.3) is 22.3 Å². The van der Waals surface area contributed by atoms with Gasteiger partial charge in [-0.2, -0.15) is 4.39 Å². The standard InChI is InChI=1S/C20H13F3O2/c1-10-2-4-11(5-3-10)9-25-15-7-6-12-13-8-14(24)18(21)20(23)17(13)16(12)19(15)22/h2-8,24H,9H2,1H3. The van der Waals surface area contributed by atoms with Gasteiger partial charge in [0.1, 0.15) is 6.61 Å². The Balaban J connectivity index is 1.66. The summed E-state index contributed by atoms with van der Waals surface area (Å²) in [5.41, 5.74) is 2.50. The smallest absolute Gasteiger partial charge is 0.201 e. The Bertz CT molecular complexity index is 995. The molecule has 0 heterocycles. The molecule has 0 spiro atoms. The molecule has 0 aliphatic heterocycles. The number of aromatic hydroxyl groups is 1. The quantitative estimate of drug-likeness (QED) is 0.544. The number of hydrogen-bond donors (Lipinski definition) is 1. The predicted octanol–water partition coefficient (Wildman–Crippen LogP) is 5.34. The number of ether oxygens (including phenoxy) is 1. The largest absolute Gasteiger partial charge is 0.505 e. The molecule has 0 radical (unpaired) electrons. The summed E-state index contributed by atoms with van der Waals surface area (Å²) in [6.07, 6.45) is 0. The van der Waals surface area contributed by atoms with E-state index in [0.717, 1.165) is 17.2 Å². The van der Waals surface area contributed by atoms with Crippen molar-refractivity contribution in [1.82, 2.24) is 0 Å². The maximum Gasteiger partial charge on any atom is 0.201 e. The van der Waals surface area contributed by atoms with E-state index in [1.165, 1.54) is 6.07 Å². The molecule has 0 aromatic heterocycles. The number of phenols is 1. The van der Waals surface area contributed by atoms with E-state index in [1.54, 1.807) is 6.07 Å². The van der Waals surface area contributed by atoms with Gasteiger partial charge < -0.3 is 9.84 Å². The third-order valence-corrected chi connectivity index (χ3v) is 4.35. The van der Waals surface area contributed by atoms with Crippen LogP contribution >= 0.6 is 0 Å². The summed E-state index contributed by atoms with van der Waals surface area (Å²) in [5, 5.41) is 9.39. The van der Waals surface area contributed by atoms with Crippen LogP contribution in [-0.4, -0.2) is 5.11 Å². The Morgan fingerprint density at radius 2 is 1.52 bits per heavy atom. The Kier molecular flexibility index (Phi) is 3.46. The lowest BCUT2D eigenvalue weighted by Crippen LogP contribution is -2.08. The maximum absolute atomic E-state index is 14.7. The zero-order chi connectivity index (χ0) is 17.7. The molecule has 0 unspecified atom stereocenters. The molecule has 2 nitrogen and oxygen atoms in total. The van der Waals surface area contributed by atoms with Crippen molar-refractivity contribution in [3.63, 3.8) is 0 Å². The molecule has 3 aromatic rings. The lowest BCUT2D eigenvalue weighted by Gasteiger charge is -2.26. The first-order valence-corrected chi connectivity index (χ1v) is 7.70. The molecule has 1 aliphatic carbocycles. The minimum absolute atomic E-state index is 0.0205. The summed E-state index contributed by atoms with van der Waals surface area (Å²) in [5.74, 6) is -4.19. The summed E-state index contributed by atoms with van der Waals surface area (Å²) in [6, 6.07) is 11.7. The monoisotopic (exact) mass is 342 g/mol. The lowest BCUT2D eigenvalue weighted by atomic mass is 9.79. The van der Waals surface area contributed by atoms with Crippen molar-refractivity contribution in [2.45, 2.75) is 13.5 Å². The van der Waals surface area contributed by atoms with Crippen LogP contribution in [0, 0.1) is 24.4 Å². The second-order valence-electron chi connectivity index (χ2n) is 6.02. The van der Waals surface area contributed by atoms with Gasteiger partial charge in [-0.05, 0) is 41.8 Å². The number of benzene rings is 3. The lowest BCUT2D eigenvalue weighted by molar-refractivity contribution is 0.290. The third-order valence-electron chi connectivity index (χ3n) is 4.35. The minimum Gasteiger partial charge on any atom is -0.505 e. The Labute approximate surface area is 142 Å². The second-order valence-corrected chi connectivity index (χ2v) is 6.02. The van der Waals surface area contributed by atoms with Gasteiger partial charge in [0.25, 0.3) is 0 Å². The predicted molar refractivity (Wildman–Crippen MR) is 87.9 cm³/mol. The fourth-order valence-electron chi connectivity index (χ4n) is 2.99. The van der Waals surface area contributed by atoms with E-state index in [9.17, 15) is 18.3 Å². The van der Waals surface area contributed by atoms with E-state index >= 15 is 0 Å². The number of hydrogen-bond acceptors (Lipinski definition) is 2. The molecular weight excluding hydrogens is 329 g/mol. The first-order valence-electron chi connectivity index (χ1n) is 7.70. The summed E-state index contributed by atoms with van der Waals surface area (Å²) in [7, 11) is 0. The van der Waals surface area contributed by atoms with Gasteiger partial charge in [0.2, 0.25) is 5.82 Å². The van der Waals surface area contributed by atoms with Crippen molar-refractivity contribution in [2.75, 3.05) is 0 Å². The summed E-state index contributed by atoms with van der Waals surface area (Å²) in [6.45, 7) is 2.12. The molecule has 0 saturated carbocycles. The van der Waals surface area contributed by atoms with Gasteiger partial charge in [0, 0.05) is 11.1 Å². The molecule has 0 atom stereocenters. The van der Waals surface area contributed by atoms with Crippen LogP contribution < -0.4 is 4.74 Å². The fraction of sp³-hybridized carbons (Fsp3) is 0.100. The first kappa shape index (κ1) is 15.6. The number of aryl methyl sites for hydroxylation is 1. The van der Waals surface area contributed by atoms with Crippen molar-refractivity contribution in [1.29, 1.82) is 0 Å². The van der Waals surface area contributed by atoms with Gasteiger partial charge >= 0.3 is 0 Å². The summed E-state index contributed by atoms with van der Waals surface area (Å²) < 4.78 is 47.8. The molecule has 25 heavy (non-hydrogen) atoms. The zero-order valence-electron chi connectivity index (χ0n) is 13.2. The van der Waals surface area contributed by atoms with Crippen molar-refractivity contribution in [3.05, 3.63) is 71.0 Å². The van der Waals surface area contributed by atoms with Crippen molar-refractivity contribution < 1.29 is 23.0 Å². The Morgan fingerprint density at radius 1 is 0.840 bits per heavy atom. The van der Waals surface area contributed by atoms with Gasteiger partial charge in [-0.3, -0.25) is 0 Å². The van der Waals surface area contributed by atoms with E-state index in [2.05, 4.69) is 0 Å². The Morgan fingerprint density at radius 3 is 2.24 bits per heavy atom. The van der Waals surface area contributed by atoms with Crippen molar-refractivity contribution in [3.8, 4) is 33.8 Å². The average Bonchev–Trinajstić information content (AvgIpc) is 2.59. The van der Waals surface area contributed by atoms with Crippen molar-refractivity contribution >= 4 is 0 Å². The second kappa shape index (κ2) is 5.55. The molecule has 1 N–H and O–H groups in total. The van der Waals surface area contributed by atoms with E-state index in [1.807, 2.05) is 31.2 Å². The molecule has 1 aliphatic rings. The average molecular weight is 342 g/mol. The molecule has 0 saturated heterocycles. The van der Waals surface area contributed by atoms with E-state index in [0.29, 0.717) is 5.56 Å². The molecular formula is C20H13F3O2. The highest BCUT2D eigenvalue weighted by atomic mass is 19.2. The summed E-state index contributed by atoms with van der Waals surface area (Å²) >= 11 is 0. The van der Waals surface area contributed by atoms with Crippen LogP contribution in [0.3, 0.4) is 0 Å². The van der Waals surface area contributed by atoms with Crippen LogP contribution in [0.4, 0.5) is 13.2 Å². The van der Waals surface area contributed by atoms with Gasteiger partial charge in [-0.15, -0.1) is 0 Å². The third kappa shape index (κ3) is 2.35. The maximum atomic E-state index is 14.7. The highest BCUT2D eigenvalue weighted by Crippen LogP contribution is 2.53. The van der Waals surface area contributed by atoms with Gasteiger partial charge in [0.15, 0.2) is 23.1 Å². The van der Waals surface area contributed by atoms with Crippen LogP contribution in [-0.2, 0) is 6.61 Å². The van der Waals surface area contributed by atoms with Crippen LogP contribution in [0.2, 0.25) is 0 Å². The molecule has 0 fully saturated rings. The first-order chi connectivity index (χ1) is 12.0.